The zero-order valence-corrected chi connectivity index (χ0v) is 19.2. The van der Waals surface area contributed by atoms with Crippen LogP contribution in [0.2, 0.25) is 0 Å². The molecule has 0 saturated carbocycles. The predicted octanol–water partition coefficient (Wildman–Crippen LogP) is 4.98. The number of rotatable bonds is 4. The SMILES string of the molecule is COc1cc(C)c(C)cc1S(=O)(=O)N1CCC(c2[nH]c3ccc(C)cc3c2C)CC1. The summed E-state index contributed by atoms with van der Waals surface area (Å²) in [4.78, 5) is 3.86. The first-order valence-electron chi connectivity index (χ1n) is 10.5. The van der Waals surface area contributed by atoms with Gasteiger partial charge in [0.1, 0.15) is 10.6 Å². The molecule has 0 unspecified atom stereocenters. The van der Waals surface area contributed by atoms with Crippen LogP contribution in [0.3, 0.4) is 0 Å². The van der Waals surface area contributed by atoms with Gasteiger partial charge in [-0.15, -0.1) is 0 Å². The summed E-state index contributed by atoms with van der Waals surface area (Å²) in [6.07, 6.45) is 1.61. The Bertz CT molecular complexity index is 1200. The highest BCUT2D eigenvalue weighted by atomic mass is 32.2. The Labute approximate surface area is 179 Å². The molecule has 2 heterocycles. The smallest absolute Gasteiger partial charge is 0.246 e. The fourth-order valence-corrected chi connectivity index (χ4v) is 6.21. The molecule has 1 saturated heterocycles. The number of nitrogens with zero attached hydrogens (tertiary/aromatic N) is 1. The number of benzene rings is 2. The predicted molar refractivity (Wildman–Crippen MR) is 121 cm³/mol. The van der Waals surface area contributed by atoms with Gasteiger partial charge in [0.05, 0.1) is 7.11 Å². The van der Waals surface area contributed by atoms with Gasteiger partial charge in [0.15, 0.2) is 0 Å². The van der Waals surface area contributed by atoms with Crippen molar-refractivity contribution in [1.29, 1.82) is 0 Å². The van der Waals surface area contributed by atoms with Crippen LogP contribution in [0, 0.1) is 27.7 Å². The van der Waals surface area contributed by atoms with Gasteiger partial charge in [-0.1, -0.05) is 11.6 Å². The lowest BCUT2D eigenvalue weighted by Crippen LogP contribution is -2.38. The van der Waals surface area contributed by atoms with Crippen molar-refractivity contribution in [3.8, 4) is 5.75 Å². The summed E-state index contributed by atoms with van der Waals surface area (Å²) < 4.78 is 33.7. The van der Waals surface area contributed by atoms with Gasteiger partial charge >= 0.3 is 0 Å². The molecule has 1 N–H and O–H groups in total. The number of fused-ring (bicyclic) bond motifs is 1. The van der Waals surface area contributed by atoms with Gasteiger partial charge in [-0.3, -0.25) is 0 Å². The Morgan fingerprint density at radius 2 is 1.67 bits per heavy atom. The Hall–Kier alpha value is -2.31. The van der Waals surface area contributed by atoms with Crippen LogP contribution >= 0.6 is 0 Å². The van der Waals surface area contributed by atoms with E-state index < -0.39 is 10.0 Å². The maximum atomic E-state index is 13.4. The fourth-order valence-electron chi connectivity index (χ4n) is 4.52. The number of aryl methyl sites for hydroxylation is 4. The van der Waals surface area contributed by atoms with Gasteiger partial charge < -0.3 is 9.72 Å². The third-order valence-corrected chi connectivity index (χ3v) is 8.43. The van der Waals surface area contributed by atoms with Crippen molar-refractivity contribution in [2.45, 2.75) is 51.3 Å². The lowest BCUT2D eigenvalue weighted by Gasteiger charge is -2.31. The molecule has 0 bridgehead atoms. The van der Waals surface area contributed by atoms with E-state index in [1.807, 2.05) is 19.9 Å². The molecule has 1 aliphatic rings. The van der Waals surface area contributed by atoms with Crippen LogP contribution in [0.1, 0.15) is 46.7 Å². The highest BCUT2D eigenvalue weighted by Crippen LogP contribution is 2.37. The van der Waals surface area contributed by atoms with Crippen LogP contribution < -0.4 is 4.74 Å². The standard InChI is InChI=1S/C24H30N2O3S/c1-15-6-7-21-20(12-15)18(4)24(25-21)19-8-10-26(11-9-19)30(27,28)23-14-17(3)16(2)13-22(23)29-5/h6-7,12-14,19,25H,8-11H2,1-5H3. The fraction of sp³-hybridized carbons (Fsp3) is 0.417. The van der Waals surface area contributed by atoms with Crippen LogP contribution in [-0.2, 0) is 10.0 Å². The summed E-state index contributed by atoms with van der Waals surface area (Å²) in [7, 11) is -2.07. The molecule has 6 heteroatoms. The molecular weight excluding hydrogens is 396 g/mol. The molecule has 2 aromatic carbocycles. The van der Waals surface area contributed by atoms with Crippen LogP contribution in [0.4, 0.5) is 0 Å². The minimum atomic E-state index is -3.59. The lowest BCUT2D eigenvalue weighted by atomic mass is 9.92. The molecule has 0 atom stereocenters. The van der Waals surface area contributed by atoms with Crippen molar-refractivity contribution >= 4 is 20.9 Å². The number of piperidine rings is 1. The second-order valence-electron chi connectivity index (χ2n) is 8.48. The summed E-state index contributed by atoms with van der Waals surface area (Å²) in [5, 5.41) is 1.26. The Morgan fingerprint density at radius 3 is 2.33 bits per heavy atom. The van der Waals surface area contributed by atoms with Crippen molar-refractivity contribution in [2.24, 2.45) is 0 Å². The monoisotopic (exact) mass is 426 g/mol. The number of aromatic nitrogens is 1. The molecule has 0 spiro atoms. The van der Waals surface area contributed by atoms with Crippen LogP contribution in [-0.4, -0.2) is 37.9 Å². The number of methoxy groups -OCH3 is 1. The first kappa shape index (κ1) is 20.9. The molecule has 160 valence electrons. The second kappa shape index (κ2) is 7.75. The van der Waals surface area contributed by atoms with Crippen LogP contribution in [0.25, 0.3) is 10.9 Å². The van der Waals surface area contributed by atoms with E-state index in [9.17, 15) is 8.42 Å². The third kappa shape index (κ3) is 3.52. The molecule has 0 amide bonds. The second-order valence-corrected chi connectivity index (χ2v) is 10.4. The number of aromatic amines is 1. The average Bonchev–Trinajstić information content (AvgIpc) is 3.05. The van der Waals surface area contributed by atoms with E-state index in [-0.39, 0.29) is 4.90 Å². The zero-order valence-electron chi connectivity index (χ0n) is 18.4. The van der Waals surface area contributed by atoms with Crippen molar-refractivity contribution in [3.05, 3.63) is 58.3 Å². The van der Waals surface area contributed by atoms with Crippen molar-refractivity contribution in [2.75, 3.05) is 20.2 Å². The number of sulfonamides is 1. The maximum Gasteiger partial charge on any atom is 0.246 e. The summed E-state index contributed by atoms with van der Waals surface area (Å²) in [6, 6.07) is 10.0. The Kier molecular flexibility index (Phi) is 5.41. The van der Waals surface area contributed by atoms with Gasteiger partial charge in [0.2, 0.25) is 10.0 Å². The van der Waals surface area contributed by atoms with Crippen molar-refractivity contribution in [1.82, 2.24) is 9.29 Å². The number of hydrogen-bond acceptors (Lipinski definition) is 3. The largest absolute Gasteiger partial charge is 0.495 e. The van der Waals surface area contributed by atoms with Gasteiger partial charge in [-0.25, -0.2) is 8.42 Å². The van der Waals surface area contributed by atoms with Gasteiger partial charge in [0.25, 0.3) is 0 Å². The minimum Gasteiger partial charge on any atom is -0.495 e. The van der Waals surface area contributed by atoms with Gasteiger partial charge in [0, 0.05) is 35.6 Å². The van der Waals surface area contributed by atoms with E-state index in [4.69, 9.17) is 4.74 Å². The highest BCUT2D eigenvalue weighted by Gasteiger charge is 2.33. The minimum absolute atomic E-state index is 0.267. The third-order valence-electron chi connectivity index (χ3n) is 6.51. The molecule has 1 fully saturated rings. The molecule has 1 aromatic heterocycles. The molecule has 5 nitrogen and oxygen atoms in total. The van der Waals surface area contributed by atoms with Crippen LogP contribution in [0.5, 0.6) is 5.75 Å². The molecule has 0 aliphatic carbocycles. The van der Waals surface area contributed by atoms with Gasteiger partial charge in [-0.2, -0.15) is 4.31 Å². The van der Waals surface area contributed by atoms with Crippen LogP contribution in [0.15, 0.2) is 35.2 Å². The number of ether oxygens (including phenoxy) is 1. The van der Waals surface area contributed by atoms with E-state index >= 15 is 0 Å². The lowest BCUT2D eigenvalue weighted by molar-refractivity contribution is 0.315. The molecule has 4 rings (SSSR count). The number of hydrogen-bond donors (Lipinski definition) is 1. The normalized spacial score (nSPS) is 16.3. The first-order valence-corrected chi connectivity index (χ1v) is 11.9. The maximum absolute atomic E-state index is 13.4. The summed E-state index contributed by atoms with van der Waals surface area (Å²) in [6.45, 7) is 9.19. The molecule has 30 heavy (non-hydrogen) atoms. The summed E-state index contributed by atoms with van der Waals surface area (Å²) in [5.41, 5.74) is 6.91. The van der Waals surface area contributed by atoms with E-state index in [2.05, 4.69) is 37.0 Å². The van der Waals surface area contributed by atoms with Crippen molar-refractivity contribution < 1.29 is 13.2 Å². The molecule has 3 aromatic rings. The Balaban J connectivity index is 1.58. The van der Waals surface area contributed by atoms with E-state index in [0.717, 1.165) is 29.5 Å². The van der Waals surface area contributed by atoms with E-state index in [0.29, 0.717) is 24.8 Å². The quantitative estimate of drug-likeness (QED) is 0.640. The molecule has 1 aliphatic heterocycles. The van der Waals surface area contributed by atoms with E-state index in [1.165, 1.54) is 29.3 Å². The number of nitrogens with one attached hydrogen (secondary N) is 1. The summed E-state index contributed by atoms with van der Waals surface area (Å²) >= 11 is 0. The molecular formula is C24H30N2O3S. The topological polar surface area (TPSA) is 62.4 Å². The average molecular weight is 427 g/mol. The van der Waals surface area contributed by atoms with Gasteiger partial charge in [-0.05, 0) is 81.5 Å². The van der Waals surface area contributed by atoms with Crippen molar-refractivity contribution in [3.63, 3.8) is 0 Å². The molecule has 0 radical (unpaired) electrons. The zero-order chi connectivity index (χ0) is 21.6. The highest BCUT2D eigenvalue weighted by molar-refractivity contribution is 7.89. The Morgan fingerprint density at radius 1 is 1.00 bits per heavy atom. The van der Waals surface area contributed by atoms with E-state index in [1.54, 1.807) is 10.4 Å². The first-order chi connectivity index (χ1) is 14.2. The summed E-state index contributed by atoms with van der Waals surface area (Å²) in [5.74, 6) is 0.757. The number of H-pyrrole nitrogens is 1.